The Morgan fingerprint density at radius 1 is 1.18 bits per heavy atom. The average Bonchev–Trinajstić information content (AvgIpc) is 2.46. The number of halogens is 3. The summed E-state index contributed by atoms with van der Waals surface area (Å²) in [5.74, 6) is 0.383. The minimum absolute atomic E-state index is 0.0614. The van der Waals surface area contributed by atoms with Gasteiger partial charge in [0.05, 0.1) is 17.4 Å². The number of benzene rings is 1. The zero-order valence-corrected chi connectivity index (χ0v) is 12.2. The first-order valence-electron chi connectivity index (χ1n) is 6.79. The molecule has 0 spiro atoms. The van der Waals surface area contributed by atoms with E-state index in [1.54, 1.807) is 30.6 Å². The number of pyridine rings is 1. The molecule has 0 unspecified atom stereocenters. The first-order valence-corrected chi connectivity index (χ1v) is 6.79. The van der Waals surface area contributed by atoms with Crippen molar-refractivity contribution in [3.05, 3.63) is 59.9 Å². The molecule has 0 saturated heterocycles. The van der Waals surface area contributed by atoms with Gasteiger partial charge in [-0.3, -0.25) is 9.98 Å². The van der Waals surface area contributed by atoms with E-state index in [-0.39, 0.29) is 6.04 Å². The number of hydrogen-bond acceptors (Lipinski definition) is 2. The van der Waals surface area contributed by atoms with Crippen molar-refractivity contribution in [2.24, 2.45) is 4.99 Å². The Morgan fingerprint density at radius 3 is 2.55 bits per heavy atom. The van der Waals surface area contributed by atoms with Crippen LogP contribution in [0, 0.1) is 0 Å². The molecule has 1 N–H and O–H groups in total. The van der Waals surface area contributed by atoms with Gasteiger partial charge in [-0.1, -0.05) is 12.1 Å². The highest BCUT2D eigenvalue weighted by Crippen LogP contribution is 2.29. The summed E-state index contributed by atoms with van der Waals surface area (Å²) in [4.78, 5) is 8.35. The number of rotatable bonds is 3. The first kappa shape index (κ1) is 16.0. The van der Waals surface area contributed by atoms with Crippen LogP contribution in [0.3, 0.4) is 0 Å². The van der Waals surface area contributed by atoms with Gasteiger partial charge in [-0.25, -0.2) is 0 Å². The number of alkyl halides is 3. The van der Waals surface area contributed by atoms with E-state index in [2.05, 4.69) is 15.3 Å². The number of aromatic nitrogens is 1. The highest BCUT2D eigenvalue weighted by molar-refractivity contribution is 6.08. The number of nitrogens with one attached hydrogen (secondary N) is 1. The number of nitrogens with zero attached hydrogens (tertiary/aromatic N) is 2. The Labute approximate surface area is 126 Å². The van der Waals surface area contributed by atoms with Crippen LogP contribution in [-0.4, -0.2) is 16.9 Å². The normalized spacial score (nSPS) is 12.5. The van der Waals surface area contributed by atoms with E-state index < -0.39 is 11.7 Å². The van der Waals surface area contributed by atoms with Crippen molar-refractivity contribution in [1.29, 1.82) is 0 Å². The Bertz CT molecular complexity index is 649. The number of aliphatic imine (C=N–C) groups is 1. The SMILES string of the molecule is CC(C)N=C(Nc1cccnc1)c1cccc(C(F)(F)F)c1. The van der Waals surface area contributed by atoms with Crippen LogP contribution in [0.1, 0.15) is 25.0 Å². The van der Waals surface area contributed by atoms with Crippen LogP contribution >= 0.6 is 0 Å². The molecule has 0 aliphatic heterocycles. The van der Waals surface area contributed by atoms with Gasteiger partial charge >= 0.3 is 6.18 Å². The second-order valence-electron chi connectivity index (χ2n) is 5.02. The Balaban J connectivity index is 2.38. The van der Waals surface area contributed by atoms with Gasteiger partial charge in [0, 0.05) is 17.8 Å². The van der Waals surface area contributed by atoms with Gasteiger partial charge in [-0.05, 0) is 38.1 Å². The Hall–Kier alpha value is -2.37. The van der Waals surface area contributed by atoms with Crippen molar-refractivity contribution in [3.63, 3.8) is 0 Å². The summed E-state index contributed by atoms with van der Waals surface area (Å²) >= 11 is 0. The summed E-state index contributed by atoms with van der Waals surface area (Å²) in [6, 6.07) is 8.55. The predicted molar refractivity (Wildman–Crippen MR) is 81.0 cm³/mol. The highest BCUT2D eigenvalue weighted by Gasteiger charge is 2.30. The number of anilines is 1. The third kappa shape index (κ3) is 4.31. The molecular formula is C16H16F3N3. The van der Waals surface area contributed by atoms with Gasteiger partial charge in [0.25, 0.3) is 0 Å². The topological polar surface area (TPSA) is 37.3 Å². The second kappa shape index (κ2) is 6.60. The van der Waals surface area contributed by atoms with Crippen LogP contribution in [0.4, 0.5) is 18.9 Å². The van der Waals surface area contributed by atoms with Crippen LogP contribution in [0.25, 0.3) is 0 Å². The molecule has 1 aromatic heterocycles. The molecule has 2 aromatic rings. The van der Waals surface area contributed by atoms with Gasteiger partial charge in [-0.2, -0.15) is 13.2 Å². The quantitative estimate of drug-likeness (QED) is 0.675. The molecule has 0 aliphatic rings. The molecule has 0 saturated carbocycles. The maximum Gasteiger partial charge on any atom is 0.416 e. The van der Waals surface area contributed by atoms with Gasteiger partial charge in [0.15, 0.2) is 0 Å². The van der Waals surface area contributed by atoms with E-state index in [9.17, 15) is 13.2 Å². The second-order valence-corrected chi connectivity index (χ2v) is 5.02. The third-order valence-corrected chi connectivity index (χ3v) is 2.77. The molecule has 22 heavy (non-hydrogen) atoms. The van der Waals surface area contributed by atoms with E-state index in [1.807, 2.05) is 13.8 Å². The Kier molecular flexibility index (Phi) is 4.80. The summed E-state index contributed by atoms with van der Waals surface area (Å²) in [5.41, 5.74) is 0.348. The van der Waals surface area contributed by atoms with Crippen LogP contribution in [0.2, 0.25) is 0 Å². The largest absolute Gasteiger partial charge is 0.416 e. The van der Waals surface area contributed by atoms with E-state index in [0.29, 0.717) is 17.1 Å². The monoisotopic (exact) mass is 307 g/mol. The molecule has 0 bridgehead atoms. The minimum Gasteiger partial charge on any atom is -0.339 e. The lowest BCUT2D eigenvalue weighted by Crippen LogP contribution is -2.17. The molecule has 6 heteroatoms. The average molecular weight is 307 g/mol. The van der Waals surface area contributed by atoms with E-state index in [1.165, 1.54) is 6.07 Å². The molecule has 1 heterocycles. The lowest BCUT2D eigenvalue weighted by Gasteiger charge is -2.14. The molecule has 0 amide bonds. The number of amidine groups is 1. The molecule has 116 valence electrons. The lowest BCUT2D eigenvalue weighted by atomic mass is 10.1. The molecule has 2 rings (SSSR count). The van der Waals surface area contributed by atoms with Crippen molar-refractivity contribution >= 4 is 11.5 Å². The summed E-state index contributed by atoms with van der Waals surface area (Å²) in [7, 11) is 0. The van der Waals surface area contributed by atoms with Crippen LogP contribution in [0.15, 0.2) is 53.8 Å². The van der Waals surface area contributed by atoms with Gasteiger partial charge in [0.1, 0.15) is 5.84 Å². The van der Waals surface area contributed by atoms with E-state index in [0.717, 1.165) is 12.1 Å². The molecule has 0 aliphatic carbocycles. The smallest absolute Gasteiger partial charge is 0.339 e. The van der Waals surface area contributed by atoms with E-state index in [4.69, 9.17) is 0 Å². The van der Waals surface area contributed by atoms with Gasteiger partial charge in [-0.15, -0.1) is 0 Å². The van der Waals surface area contributed by atoms with E-state index >= 15 is 0 Å². The molecular weight excluding hydrogens is 291 g/mol. The predicted octanol–water partition coefficient (Wildman–Crippen LogP) is 4.37. The molecule has 0 radical (unpaired) electrons. The molecule has 0 fully saturated rings. The fourth-order valence-electron chi connectivity index (χ4n) is 1.85. The standard InChI is InChI=1S/C16H16F3N3/c1-11(2)21-15(22-14-7-4-8-20-10-14)12-5-3-6-13(9-12)16(17,18)19/h3-11H,1-2H3,(H,21,22). The molecule has 3 nitrogen and oxygen atoms in total. The summed E-state index contributed by atoms with van der Waals surface area (Å²) in [6.45, 7) is 3.72. The highest BCUT2D eigenvalue weighted by atomic mass is 19.4. The fourth-order valence-corrected chi connectivity index (χ4v) is 1.85. The van der Waals surface area contributed by atoms with Crippen LogP contribution < -0.4 is 5.32 Å². The fraction of sp³-hybridized carbons (Fsp3) is 0.250. The van der Waals surface area contributed by atoms with Crippen molar-refractivity contribution in [2.45, 2.75) is 26.1 Å². The molecule has 0 atom stereocenters. The Morgan fingerprint density at radius 2 is 1.95 bits per heavy atom. The van der Waals surface area contributed by atoms with Gasteiger partial charge < -0.3 is 5.32 Å². The van der Waals surface area contributed by atoms with Crippen LogP contribution in [-0.2, 0) is 6.18 Å². The van der Waals surface area contributed by atoms with Gasteiger partial charge in [0.2, 0.25) is 0 Å². The lowest BCUT2D eigenvalue weighted by molar-refractivity contribution is -0.137. The first-order chi connectivity index (χ1) is 10.4. The minimum atomic E-state index is -4.38. The third-order valence-electron chi connectivity index (χ3n) is 2.77. The maximum absolute atomic E-state index is 12.9. The molecule has 1 aromatic carbocycles. The van der Waals surface area contributed by atoms with Crippen molar-refractivity contribution in [2.75, 3.05) is 5.32 Å². The van der Waals surface area contributed by atoms with Crippen molar-refractivity contribution in [3.8, 4) is 0 Å². The summed E-state index contributed by atoms with van der Waals surface area (Å²) < 4.78 is 38.6. The number of hydrogen-bond donors (Lipinski definition) is 1. The summed E-state index contributed by atoms with van der Waals surface area (Å²) in [6.07, 6.45) is -1.18. The maximum atomic E-state index is 12.9. The van der Waals surface area contributed by atoms with Crippen molar-refractivity contribution in [1.82, 2.24) is 4.98 Å². The zero-order valence-electron chi connectivity index (χ0n) is 12.2. The summed E-state index contributed by atoms with van der Waals surface area (Å²) in [5, 5.41) is 3.03. The van der Waals surface area contributed by atoms with Crippen LogP contribution in [0.5, 0.6) is 0 Å². The van der Waals surface area contributed by atoms with Crippen molar-refractivity contribution < 1.29 is 13.2 Å². The zero-order chi connectivity index (χ0) is 16.2.